The highest BCUT2D eigenvalue weighted by molar-refractivity contribution is 5.95. The van der Waals surface area contributed by atoms with Crippen LogP contribution in [0.3, 0.4) is 0 Å². The first-order chi connectivity index (χ1) is 10.8. The lowest BCUT2D eigenvalue weighted by molar-refractivity contribution is 0.0875. The molecule has 2 heterocycles. The van der Waals surface area contributed by atoms with Crippen molar-refractivity contribution in [2.45, 2.75) is 19.9 Å². The number of hydrogen-bond acceptors (Lipinski definition) is 3. The molecule has 0 amide bonds. The predicted molar refractivity (Wildman–Crippen MR) is 84.5 cm³/mol. The van der Waals surface area contributed by atoms with E-state index in [1.54, 1.807) is 18.6 Å². The number of furan rings is 1. The predicted octanol–water partition coefficient (Wildman–Crippen LogP) is 4.05. The van der Waals surface area contributed by atoms with E-state index in [1.807, 2.05) is 54.1 Å². The van der Waals surface area contributed by atoms with Gasteiger partial charge in [0.15, 0.2) is 5.76 Å². The van der Waals surface area contributed by atoms with Crippen molar-refractivity contribution in [3.8, 4) is 11.3 Å². The summed E-state index contributed by atoms with van der Waals surface area (Å²) in [6, 6.07) is 13.4. The number of aromatic nitrogens is 2. The van der Waals surface area contributed by atoms with Gasteiger partial charge in [0.25, 0.3) is 0 Å². The number of carbonyl (C=O) groups excluding carboxylic acids is 1. The van der Waals surface area contributed by atoms with Crippen LogP contribution in [-0.4, -0.2) is 15.3 Å². The molecule has 112 valence electrons. The summed E-state index contributed by atoms with van der Waals surface area (Å²) in [5.41, 5.74) is 0.976. The van der Waals surface area contributed by atoms with Crippen LogP contribution in [0, 0.1) is 5.92 Å². The van der Waals surface area contributed by atoms with Crippen molar-refractivity contribution >= 4 is 5.78 Å². The van der Waals surface area contributed by atoms with E-state index in [0.717, 1.165) is 17.7 Å². The molecule has 0 fully saturated rings. The quantitative estimate of drug-likeness (QED) is 0.644. The summed E-state index contributed by atoms with van der Waals surface area (Å²) < 4.78 is 7.68. The Kier molecular flexibility index (Phi) is 4.19. The van der Waals surface area contributed by atoms with Gasteiger partial charge in [-0.25, -0.2) is 4.98 Å². The van der Waals surface area contributed by atoms with Crippen molar-refractivity contribution in [1.29, 1.82) is 0 Å². The van der Waals surface area contributed by atoms with E-state index in [-0.39, 0.29) is 11.7 Å². The van der Waals surface area contributed by atoms with E-state index in [9.17, 15) is 4.79 Å². The molecule has 4 heteroatoms. The van der Waals surface area contributed by atoms with Crippen LogP contribution < -0.4 is 0 Å². The first-order valence-corrected chi connectivity index (χ1v) is 7.43. The summed E-state index contributed by atoms with van der Waals surface area (Å²) in [5, 5.41) is 0. The largest absolute Gasteiger partial charge is 0.453 e. The lowest BCUT2D eigenvalue weighted by Crippen LogP contribution is -2.19. The van der Waals surface area contributed by atoms with Gasteiger partial charge in [-0.15, -0.1) is 0 Å². The minimum Gasteiger partial charge on any atom is -0.453 e. The highest BCUT2D eigenvalue weighted by Crippen LogP contribution is 2.24. The number of carbonyl (C=O) groups is 1. The minimum atomic E-state index is -0.107. The van der Waals surface area contributed by atoms with E-state index in [1.165, 1.54) is 0 Å². The van der Waals surface area contributed by atoms with Gasteiger partial charge in [-0.05, 0) is 18.6 Å². The maximum atomic E-state index is 12.6. The molecule has 3 aromatic rings. The zero-order chi connectivity index (χ0) is 15.4. The Hall–Kier alpha value is -2.62. The van der Waals surface area contributed by atoms with E-state index in [0.29, 0.717) is 12.3 Å². The highest BCUT2D eigenvalue weighted by Gasteiger charge is 2.22. The van der Waals surface area contributed by atoms with Crippen LogP contribution >= 0.6 is 0 Å². The van der Waals surface area contributed by atoms with Crippen LogP contribution in [0.1, 0.15) is 23.9 Å². The van der Waals surface area contributed by atoms with Crippen molar-refractivity contribution in [3.05, 3.63) is 66.9 Å². The number of hydrogen-bond donors (Lipinski definition) is 0. The fraction of sp³-hybridized carbons (Fsp3) is 0.222. The molecule has 0 radical (unpaired) electrons. The van der Waals surface area contributed by atoms with Gasteiger partial charge < -0.3 is 8.98 Å². The average molecular weight is 294 g/mol. The Morgan fingerprint density at radius 3 is 2.73 bits per heavy atom. The highest BCUT2D eigenvalue weighted by atomic mass is 16.3. The number of ketones is 1. The molecule has 0 N–H and O–H groups in total. The van der Waals surface area contributed by atoms with Gasteiger partial charge >= 0.3 is 0 Å². The van der Waals surface area contributed by atoms with Gasteiger partial charge in [-0.2, -0.15) is 0 Å². The zero-order valence-corrected chi connectivity index (χ0v) is 12.5. The van der Waals surface area contributed by atoms with Gasteiger partial charge in [-0.3, -0.25) is 4.79 Å². The SMILES string of the molecule is CCC(Cn1ccnc1)C(=O)c1ccc(-c2ccccc2)o1. The van der Waals surface area contributed by atoms with Gasteiger partial charge in [0, 0.05) is 30.4 Å². The van der Waals surface area contributed by atoms with Crippen LogP contribution in [0.15, 0.2) is 65.6 Å². The normalized spacial score (nSPS) is 12.2. The second-order valence-electron chi connectivity index (χ2n) is 5.26. The number of nitrogens with zero attached hydrogens (tertiary/aromatic N) is 2. The number of benzene rings is 1. The van der Waals surface area contributed by atoms with Crippen molar-refractivity contribution in [3.63, 3.8) is 0 Å². The molecule has 22 heavy (non-hydrogen) atoms. The summed E-state index contributed by atoms with van der Waals surface area (Å²) in [6.45, 7) is 2.64. The molecule has 0 bridgehead atoms. The molecule has 4 nitrogen and oxygen atoms in total. The van der Waals surface area contributed by atoms with Crippen LogP contribution in [0.25, 0.3) is 11.3 Å². The van der Waals surface area contributed by atoms with Gasteiger partial charge in [-0.1, -0.05) is 37.3 Å². The first-order valence-electron chi connectivity index (χ1n) is 7.43. The molecule has 0 saturated carbocycles. The molecule has 0 saturated heterocycles. The van der Waals surface area contributed by atoms with E-state index < -0.39 is 0 Å². The monoisotopic (exact) mass is 294 g/mol. The summed E-state index contributed by atoms with van der Waals surface area (Å²) in [4.78, 5) is 16.6. The molecule has 1 unspecified atom stereocenters. The average Bonchev–Trinajstić information content (AvgIpc) is 3.24. The molecule has 2 aromatic heterocycles. The fourth-order valence-electron chi connectivity index (χ4n) is 2.48. The van der Waals surface area contributed by atoms with Crippen molar-refractivity contribution < 1.29 is 9.21 Å². The Labute approximate surface area is 129 Å². The third kappa shape index (κ3) is 3.01. The second kappa shape index (κ2) is 6.43. The topological polar surface area (TPSA) is 48.0 Å². The van der Waals surface area contributed by atoms with E-state index in [4.69, 9.17) is 4.42 Å². The van der Waals surface area contributed by atoms with Gasteiger partial charge in [0.2, 0.25) is 5.78 Å². The molecular weight excluding hydrogens is 276 g/mol. The lowest BCUT2D eigenvalue weighted by Gasteiger charge is -2.12. The molecule has 1 aromatic carbocycles. The smallest absolute Gasteiger partial charge is 0.202 e. The van der Waals surface area contributed by atoms with Crippen LogP contribution in [-0.2, 0) is 6.54 Å². The maximum Gasteiger partial charge on any atom is 0.202 e. The molecule has 0 aliphatic heterocycles. The van der Waals surface area contributed by atoms with Crippen LogP contribution in [0.2, 0.25) is 0 Å². The molecule has 0 aliphatic carbocycles. The first kappa shape index (κ1) is 14.3. The van der Waals surface area contributed by atoms with E-state index >= 15 is 0 Å². The van der Waals surface area contributed by atoms with Crippen molar-refractivity contribution in [2.75, 3.05) is 0 Å². The summed E-state index contributed by atoms with van der Waals surface area (Å²) in [7, 11) is 0. The maximum absolute atomic E-state index is 12.6. The van der Waals surface area contributed by atoms with Crippen molar-refractivity contribution in [2.24, 2.45) is 5.92 Å². The van der Waals surface area contributed by atoms with Crippen LogP contribution in [0.5, 0.6) is 0 Å². The Morgan fingerprint density at radius 1 is 1.23 bits per heavy atom. The number of imidazole rings is 1. The van der Waals surface area contributed by atoms with Crippen LogP contribution in [0.4, 0.5) is 0 Å². The summed E-state index contributed by atoms with van der Waals surface area (Å²) >= 11 is 0. The second-order valence-corrected chi connectivity index (χ2v) is 5.26. The number of Topliss-reactive ketones (excluding diaryl/α,β-unsaturated/α-hetero) is 1. The minimum absolute atomic E-state index is 0.0402. The van der Waals surface area contributed by atoms with Gasteiger partial charge in [0.1, 0.15) is 5.76 Å². The third-order valence-corrected chi connectivity index (χ3v) is 3.76. The van der Waals surface area contributed by atoms with Gasteiger partial charge in [0.05, 0.1) is 6.33 Å². The standard InChI is InChI=1S/C18H18N2O2/c1-2-14(12-20-11-10-19-13-20)18(21)17-9-8-16(22-17)15-6-4-3-5-7-15/h3-11,13-14H,2,12H2,1H3. The van der Waals surface area contributed by atoms with E-state index in [2.05, 4.69) is 4.98 Å². The summed E-state index contributed by atoms with van der Waals surface area (Å²) in [5.74, 6) is 1.08. The zero-order valence-electron chi connectivity index (χ0n) is 12.5. The fourth-order valence-corrected chi connectivity index (χ4v) is 2.48. The number of rotatable bonds is 6. The Morgan fingerprint density at radius 2 is 2.05 bits per heavy atom. The molecule has 0 spiro atoms. The summed E-state index contributed by atoms with van der Waals surface area (Å²) in [6.07, 6.45) is 6.08. The molecule has 3 rings (SSSR count). The molecule has 0 aliphatic rings. The molecular formula is C18H18N2O2. The van der Waals surface area contributed by atoms with Crippen molar-refractivity contribution in [1.82, 2.24) is 9.55 Å². The molecule has 1 atom stereocenters. The Balaban J connectivity index is 1.78. The third-order valence-electron chi connectivity index (χ3n) is 3.76. The Bertz CT molecular complexity index is 730. The lowest BCUT2D eigenvalue weighted by atomic mass is 9.99.